The number of aromatic nitrogens is 3. The number of hydrogen-bond donors (Lipinski definition) is 2. The van der Waals surface area contributed by atoms with E-state index in [4.69, 9.17) is 5.73 Å². The van der Waals surface area contributed by atoms with Crippen LogP contribution in [0.15, 0.2) is 36.7 Å². The minimum atomic E-state index is 0.756. The van der Waals surface area contributed by atoms with Crippen molar-refractivity contribution in [3.05, 3.63) is 36.7 Å². The van der Waals surface area contributed by atoms with Crippen molar-refractivity contribution in [2.75, 3.05) is 5.73 Å². The van der Waals surface area contributed by atoms with E-state index in [0.717, 1.165) is 27.8 Å². The van der Waals surface area contributed by atoms with E-state index in [2.05, 4.69) is 10.2 Å². The van der Waals surface area contributed by atoms with E-state index in [1.807, 2.05) is 48.3 Å². The number of nitrogen functional groups attached to an aromatic ring is 1. The van der Waals surface area contributed by atoms with Gasteiger partial charge in [0.2, 0.25) is 0 Å². The summed E-state index contributed by atoms with van der Waals surface area (Å²) in [6.45, 7) is 0. The van der Waals surface area contributed by atoms with Crippen molar-refractivity contribution in [2.24, 2.45) is 7.05 Å². The summed E-state index contributed by atoms with van der Waals surface area (Å²) < 4.78 is 2.00. The lowest BCUT2D eigenvalue weighted by Crippen LogP contribution is -1.83. The molecule has 0 unspecified atom stereocenters. The highest BCUT2D eigenvalue weighted by molar-refractivity contribution is 5.94. The molecule has 0 spiro atoms. The molecule has 0 atom stereocenters. The molecule has 2 aromatic heterocycles. The van der Waals surface area contributed by atoms with E-state index < -0.39 is 0 Å². The lowest BCUT2D eigenvalue weighted by molar-refractivity contribution is 0.928. The largest absolute Gasteiger partial charge is 0.399 e. The van der Waals surface area contributed by atoms with Gasteiger partial charge in [-0.25, -0.2) is 0 Å². The van der Waals surface area contributed by atoms with Gasteiger partial charge < -0.3 is 10.3 Å². The molecule has 1 aromatic carbocycles. The van der Waals surface area contributed by atoms with Crippen molar-refractivity contribution in [3.63, 3.8) is 0 Å². The van der Waals surface area contributed by atoms with E-state index in [9.17, 15) is 0 Å². The molecule has 3 rings (SSSR count). The monoisotopic (exact) mass is 212 g/mol. The Labute approximate surface area is 92.7 Å². The van der Waals surface area contributed by atoms with Gasteiger partial charge in [-0.2, -0.15) is 5.10 Å². The molecule has 3 N–H and O–H groups in total. The number of nitrogens with two attached hydrogens (primary N) is 1. The van der Waals surface area contributed by atoms with Crippen LogP contribution in [0.25, 0.3) is 22.2 Å². The van der Waals surface area contributed by atoms with Gasteiger partial charge in [0.1, 0.15) is 5.69 Å². The number of nitrogens with one attached hydrogen (secondary N) is 1. The number of aromatic amines is 1. The number of fused-ring (bicyclic) bond motifs is 1. The Kier molecular flexibility index (Phi) is 1.77. The smallest absolute Gasteiger partial charge is 0.101 e. The lowest BCUT2D eigenvalue weighted by Gasteiger charge is -1.95. The number of anilines is 1. The van der Waals surface area contributed by atoms with Crippen LogP contribution in [0, 0.1) is 0 Å². The molecular weight excluding hydrogens is 200 g/mol. The van der Waals surface area contributed by atoms with Crippen LogP contribution in [0.3, 0.4) is 0 Å². The third kappa shape index (κ3) is 1.27. The van der Waals surface area contributed by atoms with Crippen LogP contribution in [-0.2, 0) is 7.05 Å². The molecule has 0 aliphatic heterocycles. The molecule has 0 saturated heterocycles. The second-order valence-corrected chi connectivity index (χ2v) is 3.94. The van der Waals surface area contributed by atoms with Crippen LogP contribution in [-0.4, -0.2) is 14.8 Å². The molecule has 0 bridgehead atoms. The molecule has 0 saturated carbocycles. The minimum absolute atomic E-state index is 0.756. The second-order valence-electron chi connectivity index (χ2n) is 3.94. The van der Waals surface area contributed by atoms with Gasteiger partial charge in [0.05, 0.1) is 5.52 Å². The standard InChI is InChI=1S/C12H12N4/c1-16-5-4-8(7-16)12-10-6-9(13)2-3-11(10)14-15-12/h2-7H,13H2,1H3,(H,14,15). The van der Waals surface area contributed by atoms with E-state index in [1.54, 1.807) is 0 Å². The first kappa shape index (κ1) is 9.03. The molecule has 0 radical (unpaired) electrons. The quantitative estimate of drug-likeness (QED) is 0.607. The summed E-state index contributed by atoms with van der Waals surface area (Å²) in [7, 11) is 1.99. The van der Waals surface area contributed by atoms with E-state index in [-0.39, 0.29) is 0 Å². The Morgan fingerprint density at radius 3 is 2.94 bits per heavy atom. The zero-order valence-electron chi connectivity index (χ0n) is 8.94. The molecule has 3 aromatic rings. The third-order valence-electron chi connectivity index (χ3n) is 2.69. The fraction of sp³-hybridized carbons (Fsp3) is 0.0833. The van der Waals surface area contributed by atoms with Crippen molar-refractivity contribution < 1.29 is 0 Å². The highest BCUT2D eigenvalue weighted by atomic mass is 15.1. The fourth-order valence-electron chi connectivity index (χ4n) is 1.90. The maximum absolute atomic E-state index is 5.79. The van der Waals surface area contributed by atoms with E-state index in [1.165, 1.54) is 0 Å². The third-order valence-corrected chi connectivity index (χ3v) is 2.69. The number of rotatable bonds is 1. The van der Waals surface area contributed by atoms with E-state index >= 15 is 0 Å². The van der Waals surface area contributed by atoms with Crippen LogP contribution in [0.2, 0.25) is 0 Å². The lowest BCUT2D eigenvalue weighted by atomic mass is 10.1. The van der Waals surface area contributed by atoms with Crippen molar-refractivity contribution in [1.29, 1.82) is 0 Å². The highest BCUT2D eigenvalue weighted by Gasteiger charge is 2.08. The van der Waals surface area contributed by atoms with Gasteiger partial charge in [-0.15, -0.1) is 0 Å². The van der Waals surface area contributed by atoms with Gasteiger partial charge in [-0.1, -0.05) is 0 Å². The molecule has 2 heterocycles. The van der Waals surface area contributed by atoms with Gasteiger partial charge >= 0.3 is 0 Å². The van der Waals surface area contributed by atoms with Crippen LogP contribution in [0.5, 0.6) is 0 Å². The van der Waals surface area contributed by atoms with Crippen LogP contribution in [0.4, 0.5) is 5.69 Å². The SMILES string of the molecule is Cn1ccc(-c2n[nH]c3ccc(N)cc23)c1. The van der Waals surface area contributed by atoms with Gasteiger partial charge in [-0.05, 0) is 24.3 Å². The number of benzene rings is 1. The van der Waals surface area contributed by atoms with Gasteiger partial charge in [0.25, 0.3) is 0 Å². The Morgan fingerprint density at radius 2 is 2.19 bits per heavy atom. The molecule has 80 valence electrons. The Morgan fingerprint density at radius 1 is 1.31 bits per heavy atom. The fourth-order valence-corrected chi connectivity index (χ4v) is 1.90. The summed E-state index contributed by atoms with van der Waals surface area (Å²) in [4.78, 5) is 0. The normalized spacial score (nSPS) is 11.1. The summed E-state index contributed by atoms with van der Waals surface area (Å²) >= 11 is 0. The zero-order chi connectivity index (χ0) is 11.1. The first-order valence-electron chi connectivity index (χ1n) is 5.10. The summed E-state index contributed by atoms with van der Waals surface area (Å²) in [6, 6.07) is 7.80. The van der Waals surface area contributed by atoms with Gasteiger partial charge in [0, 0.05) is 36.1 Å². The predicted molar refractivity (Wildman–Crippen MR) is 64.9 cm³/mol. The zero-order valence-corrected chi connectivity index (χ0v) is 8.94. The topological polar surface area (TPSA) is 59.6 Å². The van der Waals surface area contributed by atoms with Gasteiger partial charge in [-0.3, -0.25) is 5.10 Å². The van der Waals surface area contributed by atoms with Gasteiger partial charge in [0.15, 0.2) is 0 Å². The number of aryl methyl sites for hydroxylation is 1. The Bertz CT molecular complexity index is 648. The Balaban J connectivity index is 2.27. The van der Waals surface area contributed by atoms with Crippen LogP contribution >= 0.6 is 0 Å². The summed E-state index contributed by atoms with van der Waals surface area (Å²) in [5.74, 6) is 0. The molecule has 0 aliphatic rings. The molecule has 0 amide bonds. The molecular formula is C12H12N4. The second kappa shape index (κ2) is 3.13. The first-order chi connectivity index (χ1) is 7.74. The molecule has 4 heteroatoms. The average molecular weight is 212 g/mol. The maximum atomic E-state index is 5.79. The molecule has 4 nitrogen and oxygen atoms in total. The number of H-pyrrole nitrogens is 1. The maximum Gasteiger partial charge on any atom is 0.101 e. The minimum Gasteiger partial charge on any atom is -0.399 e. The van der Waals surface area contributed by atoms with Crippen molar-refractivity contribution >= 4 is 16.6 Å². The Hall–Kier alpha value is -2.23. The van der Waals surface area contributed by atoms with Crippen molar-refractivity contribution in [3.8, 4) is 11.3 Å². The van der Waals surface area contributed by atoms with Crippen molar-refractivity contribution in [2.45, 2.75) is 0 Å². The van der Waals surface area contributed by atoms with E-state index in [0.29, 0.717) is 0 Å². The molecule has 0 fully saturated rings. The van der Waals surface area contributed by atoms with Crippen molar-refractivity contribution in [1.82, 2.24) is 14.8 Å². The first-order valence-corrected chi connectivity index (χ1v) is 5.10. The number of nitrogens with zero attached hydrogens (tertiary/aromatic N) is 2. The summed E-state index contributed by atoms with van der Waals surface area (Å²) in [5.41, 5.74) is 9.60. The highest BCUT2D eigenvalue weighted by Crippen LogP contribution is 2.27. The molecule has 16 heavy (non-hydrogen) atoms. The van der Waals surface area contributed by atoms with Crippen LogP contribution < -0.4 is 5.73 Å². The molecule has 0 aliphatic carbocycles. The predicted octanol–water partition coefficient (Wildman–Crippen LogP) is 2.15. The number of hydrogen-bond acceptors (Lipinski definition) is 2. The summed E-state index contributed by atoms with van der Waals surface area (Å²) in [6.07, 6.45) is 4.04. The van der Waals surface area contributed by atoms with Crippen LogP contribution in [0.1, 0.15) is 0 Å². The summed E-state index contributed by atoms with van der Waals surface area (Å²) in [5, 5.41) is 8.40. The average Bonchev–Trinajstić information content (AvgIpc) is 2.83.